The maximum Gasteiger partial charge on any atom is 0.324 e. The second-order valence-corrected chi connectivity index (χ2v) is 6.98. The molecule has 2 N–H and O–H groups in total. The fourth-order valence-electron chi connectivity index (χ4n) is 3.06. The first-order chi connectivity index (χ1) is 12.4. The van der Waals surface area contributed by atoms with Crippen LogP contribution in [0.2, 0.25) is 0 Å². The van der Waals surface area contributed by atoms with Gasteiger partial charge < -0.3 is 15.2 Å². The number of imide groups is 1. The monoisotopic (exact) mass is 418 g/mol. The molecule has 1 aliphatic rings. The number of nitrogens with one attached hydrogen (secondary N) is 2. The smallest absolute Gasteiger partial charge is 0.324 e. The van der Waals surface area contributed by atoms with Gasteiger partial charge in [0.05, 0.1) is 12.1 Å². The summed E-state index contributed by atoms with van der Waals surface area (Å²) in [5.41, 5.74) is 3.31. The molecule has 1 aromatic heterocycles. The molecular formula is C18H19BrN4O3. The Morgan fingerprint density at radius 2 is 2.04 bits per heavy atom. The Bertz CT molecular complexity index is 875. The van der Waals surface area contributed by atoms with Crippen LogP contribution in [0, 0.1) is 13.8 Å². The van der Waals surface area contributed by atoms with Gasteiger partial charge in [-0.15, -0.1) is 0 Å². The molecule has 0 unspecified atom stereocenters. The Hall–Kier alpha value is -2.61. The van der Waals surface area contributed by atoms with Crippen molar-refractivity contribution in [2.75, 3.05) is 19.6 Å². The van der Waals surface area contributed by atoms with E-state index in [9.17, 15) is 14.4 Å². The molecule has 0 spiro atoms. The van der Waals surface area contributed by atoms with Crippen molar-refractivity contribution in [3.05, 3.63) is 51.8 Å². The van der Waals surface area contributed by atoms with E-state index in [0.717, 1.165) is 26.4 Å². The molecule has 0 bridgehead atoms. The summed E-state index contributed by atoms with van der Waals surface area (Å²) < 4.78 is 2.97. The number of aryl methyl sites for hydroxylation is 1. The molecule has 0 radical (unpaired) electrons. The second kappa shape index (κ2) is 7.33. The molecule has 0 saturated carbocycles. The molecule has 2 heterocycles. The van der Waals surface area contributed by atoms with Crippen LogP contribution in [0.4, 0.5) is 4.79 Å². The highest BCUT2D eigenvalue weighted by Gasteiger charge is 2.28. The lowest BCUT2D eigenvalue weighted by Gasteiger charge is -2.13. The number of carbonyl (C=O) groups excluding carboxylic acids is 3. The van der Waals surface area contributed by atoms with Crippen molar-refractivity contribution in [2.45, 2.75) is 13.8 Å². The SMILES string of the molecule is Cc1cc(C(=O)NCCN2C(=O)CNC2=O)c(C)n1-c1cccc(Br)c1. The summed E-state index contributed by atoms with van der Waals surface area (Å²) in [7, 11) is 0. The van der Waals surface area contributed by atoms with Crippen LogP contribution in [0.3, 0.4) is 0 Å². The highest BCUT2D eigenvalue weighted by atomic mass is 79.9. The maximum atomic E-state index is 12.5. The Kier molecular flexibility index (Phi) is 5.13. The number of carbonyl (C=O) groups is 3. The van der Waals surface area contributed by atoms with Crippen LogP contribution >= 0.6 is 15.9 Å². The Morgan fingerprint density at radius 3 is 2.69 bits per heavy atom. The number of rotatable bonds is 5. The first-order valence-corrected chi connectivity index (χ1v) is 8.99. The minimum atomic E-state index is -0.419. The summed E-state index contributed by atoms with van der Waals surface area (Å²) >= 11 is 3.46. The summed E-state index contributed by atoms with van der Waals surface area (Å²) in [5.74, 6) is -0.511. The molecule has 8 heteroatoms. The largest absolute Gasteiger partial charge is 0.350 e. The Labute approximate surface area is 159 Å². The number of hydrogen-bond donors (Lipinski definition) is 2. The van der Waals surface area contributed by atoms with E-state index in [1.165, 1.54) is 0 Å². The van der Waals surface area contributed by atoms with Crippen molar-refractivity contribution >= 4 is 33.8 Å². The van der Waals surface area contributed by atoms with E-state index in [1.807, 2.05) is 48.7 Å². The first kappa shape index (κ1) is 18.2. The molecule has 1 saturated heterocycles. The predicted molar refractivity (Wildman–Crippen MR) is 100 cm³/mol. The predicted octanol–water partition coefficient (Wildman–Crippen LogP) is 2.14. The quantitative estimate of drug-likeness (QED) is 0.729. The van der Waals surface area contributed by atoms with Crippen molar-refractivity contribution in [1.82, 2.24) is 20.1 Å². The van der Waals surface area contributed by atoms with E-state index in [1.54, 1.807) is 0 Å². The zero-order valence-electron chi connectivity index (χ0n) is 14.5. The topological polar surface area (TPSA) is 83.4 Å². The van der Waals surface area contributed by atoms with Gasteiger partial charge in [-0.1, -0.05) is 22.0 Å². The molecule has 136 valence electrons. The van der Waals surface area contributed by atoms with E-state index in [0.29, 0.717) is 5.56 Å². The third-order valence-corrected chi connectivity index (χ3v) is 4.79. The molecule has 1 fully saturated rings. The Balaban J connectivity index is 1.71. The lowest BCUT2D eigenvalue weighted by Crippen LogP contribution is -2.38. The summed E-state index contributed by atoms with van der Waals surface area (Å²) in [6.07, 6.45) is 0. The average Bonchev–Trinajstić information content (AvgIpc) is 3.07. The lowest BCUT2D eigenvalue weighted by molar-refractivity contribution is -0.124. The third-order valence-electron chi connectivity index (χ3n) is 4.30. The number of aromatic nitrogens is 1. The van der Waals surface area contributed by atoms with Crippen molar-refractivity contribution in [3.8, 4) is 5.69 Å². The van der Waals surface area contributed by atoms with Gasteiger partial charge in [0.1, 0.15) is 0 Å². The molecular weight excluding hydrogens is 400 g/mol. The van der Waals surface area contributed by atoms with E-state index in [4.69, 9.17) is 0 Å². The van der Waals surface area contributed by atoms with Gasteiger partial charge in [0.15, 0.2) is 0 Å². The van der Waals surface area contributed by atoms with E-state index < -0.39 is 6.03 Å². The van der Waals surface area contributed by atoms with Crippen molar-refractivity contribution in [3.63, 3.8) is 0 Å². The fourth-order valence-corrected chi connectivity index (χ4v) is 3.45. The maximum absolute atomic E-state index is 12.5. The van der Waals surface area contributed by atoms with Crippen LogP contribution in [0.5, 0.6) is 0 Å². The molecule has 1 aliphatic heterocycles. The first-order valence-electron chi connectivity index (χ1n) is 8.19. The minimum absolute atomic E-state index is 0.0145. The van der Waals surface area contributed by atoms with Crippen LogP contribution in [-0.4, -0.2) is 46.9 Å². The molecule has 7 nitrogen and oxygen atoms in total. The van der Waals surface area contributed by atoms with Gasteiger partial charge in [0, 0.05) is 34.6 Å². The molecule has 0 aliphatic carbocycles. The Morgan fingerprint density at radius 1 is 1.27 bits per heavy atom. The minimum Gasteiger partial charge on any atom is -0.350 e. The lowest BCUT2D eigenvalue weighted by atomic mass is 10.2. The van der Waals surface area contributed by atoms with Crippen molar-refractivity contribution < 1.29 is 14.4 Å². The van der Waals surface area contributed by atoms with E-state index in [2.05, 4.69) is 26.6 Å². The van der Waals surface area contributed by atoms with Crippen LogP contribution in [0.25, 0.3) is 5.69 Å². The van der Waals surface area contributed by atoms with Gasteiger partial charge in [-0.05, 0) is 38.1 Å². The van der Waals surface area contributed by atoms with Crippen molar-refractivity contribution in [1.29, 1.82) is 0 Å². The number of amides is 4. The summed E-state index contributed by atoms with van der Waals surface area (Å²) in [4.78, 5) is 36.7. The molecule has 1 aromatic carbocycles. The van der Waals surface area contributed by atoms with E-state index in [-0.39, 0.29) is 31.4 Å². The van der Waals surface area contributed by atoms with Gasteiger partial charge in [-0.25, -0.2) is 4.79 Å². The zero-order chi connectivity index (χ0) is 18.8. The average molecular weight is 419 g/mol. The molecule has 2 aromatic rings. The van der Waals surface area contributed by atoms with Crippen LogP contribution in [0.1, 0.15) is 21.7 Å². The third kappa shape index (κ3) is 3.50. The number of benzene rings is 1. The van der Waals surface area contributed by atoms with Crippen LogP contribution < -0.4 is 10.6 Å². The van der Waals surface area contributed by atoms with Gasteiger partial charge in [0.25, 0.3) is 5.91 Å². The molecule has 0 atom stereocenters. The van der Waals surface area contributed by atoms with Crippen molar-refractivity contribution in [2.24, 2.45) is 0 Å². The molecule has 3 rings (SSSR count). The fraction of sp³-hybridized carbons (Fsp3) is 0.278. The van der Waals surface area contributed by atoms with Gasteiger partial charge in [-0.2, -0.15) is 0 Å². The van der Waals surface area contributed by atoms with E-state index >= 15 is 0 Å². The number of halogens is 1. The second-order valence-electron chi connectivity index (χ2n) is 6.06. The van der Waals surface area contributed by atoms with Gasteiger partial charge in [-0.3, -0.25) is 14.5 Å². The normalized spacial score (nSPS) is 13.9. The zero-order valence-corrected chi connectivity index (χ0v) is 16.1. The highest BCUT2D eigenvalue weighted by Crippen LogP contribution is 2.23. The standard InChI is InChI=1S/C18H19BrN4O3/c1-11-8-15(12(2)23(11)14-5-3-4-13(19)9-14)17(25)20-6-7-22-16(24)10-21-18(22)26/h3-5,8-9H,6-7,10H2,1-2H3,(H,20,25)(H,21,26). The van der Waals surface area contributed by atoms with Gasteiger partial charge >= 0.3 is 6.03 Å². The highest BCUT2D eigenvalue weighted by molar-refractivity contribution is 9.10. The van der Waals surface area contributed by atoms with Crippen LogP contribution in [0.15, 0.2) is 34.8 Å². The molecule has 4 amide bonds. The number of urea groups is 1. The van der Waals surface area contributed by atoms with Gasteiger partial charge in [0.2, 0.25) is 5.91 Å². The summed E-state index contributed by atoms with van der Waals surface area (Å²) in [6, 6.07) is 9.26. The number of hydrogen-bond acceptors (Lipinski definition) is 3. The summed E-state index contributed by atoms with van der Waals surface area (Å²) in [6.45, 7) is 4.21. The van der Waals surface area contributed by atoms with Crippen LogP contribution in [-0.2, 0) is 4.79 Å². The molecule has 26 heavy (non-hydrogen) atoms. The summed E-state index contributed by atoms with van der Waals surface area (Å²) in [5, 5.41) is 5.23. The number of nitrogens with zero attached hydrogens (tertiary/aromatic N) is 2.